The second-order valence-corrected chi connectivity index (χ2v) is 4.50. The number of amides is 1. The van der Waals surface area contributed by atoms with Crippen molar-refractivity contribution >= 4 is 5.91 Å². The Morgan fingerprint density at radius 3 is 2.71 bits per heavy atom. The van der Waals surface area contributed by atoms with E-state index in [0.717, 1.165) is 12.1 Å². The largest absolute Gasteiger partial charge is 0.573 e. The van der Waals surface area contributed by atoms with Crippen molar-refractivity contribution in [2.24, 2.45) is 0 Å². The summed E-state index contributed by atoms with van der Waals surface area (Å²) in [6.07, 6.45) is -4.04. The summed E-state index contributed by atoms with van der Waals surface area (Å²) in [5.41, 5.74) is 0.238. The average Bonchev–Trinajstić information content (AvgIpc) is 2.36. The Morgan fingerprint density at radius 1 is 1.38 bits per heavy atom. The predicted octanol–water partition coefficient (Wildman–Crippen LogP) is 2.83. The second-order valence-electron chi connectivity index (χ2n) is 4.50. The minimum atomic E-state index is -4.84. The molecule has 9 heteroatoms. The number of ether oxygens (including phenoxy) is 1. The standard InChI is InChI=1S/C12H11F3N2O4/c13-12(14,15)21-9-4-1-3-8(7-9)10-5-2-6-11(18)16(10)17(19)20/h1,3-4,7,10H,2,5-6H2. The lowest BCUT2D eigenvalue weighted by Crippen LogP contribution is -2.42. The quantitative estimate of drug-likeness (QED) is 0.636. The molecule has 1 aromatic rings. The van der Waals surface area contributed by atoms with Crippen LogP contribution in [0.5, 0.6) is 5.75 Å². The third-order valence-electron chi connectivity index (χ3n) is 3.07. The molecule has 1 aliphatic heterocycles. The van der Waals surface area contributed by atoms with Gasteiger partial charge in [-0.25, -0.2) is 10.1 Å². The second kappa shape index (κ2) is 5.58. The van der Waals surface area contributed by atoms with E-state index in [9.17, 15) is 28.1 Å². The number of rotatable bonds is 3. The topological polar surface area (TPSA) is 72.7 Å². The van der Waals surface area contributed by atoms with Gasteiger partial charge < -0.3 is 4.74 Å². The van der Waals surface area contributed by atoms with Crippen LogP contribution < -0.4 is 4.74 Å². The van der Waals surface area contributed by atoms with Crippen molar-refractivity contribution in [2.75, 3.05) is 0 Å². The number of halogens is 3. The first-order chi connectivity index (χ1) is 9.78. The highest BCUT2D eigenvalue weighted by Crippen LogP contribution is 2.34. The van der Waals surface area contributed by atoms with Crippen molar-refractivity contribution in [3.8, 4) is 5.75 Å². The van der Waals surface area contributed by atoms with Gasteiger partial charge in [0, 0.05) is 6.42 Å². The summed E-state index contributed by atoms with van der Waals surface area (Å²) in [5.74, 6) is -1.13. The fourth-order valence-electron chi connectivity index (χ4n) is 2.29. The lowest BCUT2D eigenvalue weighted by molar-refractivity contribution is -0.646. The number of nitro groups is 1. The Balaban J connectivity index is 2.29. The van der Waals surface area contributed by atoms with Crippen LogP contribution in [0.1, 0.15) is 30.9 Å². The number of hydrogen-bond acceptors (Lipinski definition) is 4. The zero-order chi connectivity index (χ0) is 15.6. The van der Waals surface area contributed by atoms with E-state index in [4.69, 9.17) is 0 Å². The van der Waals surface area contributed by atoms with Crippen molar-refractivity contribution < 1.29 is 27.7 Å². The first kappa shape index (κ1) is 15.1. The highest BCUT2D eigenvalue weighted by Gasteiger charge is 2.38. The third-order valence-corrected chi connectivity index (χ3v) is 3.07. The minimum absolute atomic E-state index is 0.0518. The van der Waals surface area contributed by atoms with Gasteiger partial charge in [0.2, 0.25) is 0 Å². The fraction of sp³-hybridized carbons (Fsp3) is 0.417. The predicted molar refractivity (Wildman–Crippen MR) is 63.6 cm³/mol. The third kappa shape index (κ3) is 3.61. The number of carbonyl (C=O) groups is 1. The Morgan fingerprint density at radius 2 is 2.10 bits per heavy atom. The van der Waals surface area contributed by atoms with Crippen molar-refractivity contribution in [2.45, 2.75) is 31.7 Å². The van der Waals surface area contributed by atoms with E-state index in [1.165, 1.54) is 12.1 Å². The lowest BCUT2D eigenvalue weighted by atomic mass is 9.96. The monoisotopic (exact) mass is 304 g/mol. The number of hydrazine groups is 1. The molecule has 1 aromatic carbocycles. The first-order valence-electron chi connectivity index (χ1n) is 6.10. The molecule has 0 radical (unpaired) electrons. The van der Waals surface area contributed by atoms with Crippen molar-refractivity contribution in [1.29, 1.82) is 0 Å². The van der Waals surface area contributed by atoms with Crippen molar-refractivity contribution in [3.63, 3.8) is 0 Å². The van der Waals surface area contributed by atoms with Crippen LogP contribution in [0, 0.1) is 10.1 Å². The summed E-state index contributed by atoms with van der Waals surface area (Å²) in [7, 11) is 0. The zero-order valence-corrected chi connectivity index (χ0v) is 10.7. The summed E-state index contributed by atoms with van der Waals surface area (Å²) >= 11 is 0. The summed E-state index contributed by atoms with van der Waals surface area (Å²) in [6, 6.07) is 4.00. The van der Waals surface area contributed by atoms with Gasteiger partial charge in [0.25, 0.3) is 5.91 Å². The van der Waals surface area contributed by atoms with Gasteiger partial charge in [-0.15, -0.1) is 13.2 Å². The molecule has 1 fully saturated rings. The van der Waals surface area contributed by atoms with Crippen LogP contribution in [0.2, 0.25) is 0 Å². The molecule has 114 valence electrons. The van der Waals surface area contributed by atoms with Crippen molar-refractivity contribution in [3.05, 3.63) is 39.9 Å². The number of piperidine rings is 1. The van der Waals surface area contributed by atoms with Gasteiger partial charge in [-0.1, -0.05) is 17.1 Å². The van der Waals surface area contributed by atoms with Gasteiger partial charge in [0.1, 0.15) is 11.8 Å². The van der Waals surface area contributed by atoms with E-state index in [1.807, 2.05) is 0 Å². The van der Waals surface area contributed by atoms with E-state index in [0.29, 0.717) is 17.9 Å². The Bertz CT molecular complexity index is 562. The molecule has 1 saturated heterocycles. The summed E-state index contributed by atoms with van der Waals surface area (Å²) in [5, 5.41) is 10.6. The zero-order valence-electron chi connectivity index (χ0n) is 10.7. The number of benzene rings is 1. The molecule has 0 aliphatic carbocycles. The number of carbonyl (C=O) groups excluding carboxylic acids is 1. The Hall–Kier alpha value is -2.32. The Kier molecular flexibility index (Phi) is 4.01. The molecular formula is C12H11F3N2O4. The van der Waals surface area contributed by atoms with E-state index in [2.05, 4.69) is 4.74 Å². The maximum Gasteiger partial charge on any atom is 0.573 e. The maximum atomic E-state index is 12.2. The molecular weight excluding hydrogens is 293 g/mol. The van der Waals surface area contributed by atoms with Gasteiger partial charge in [-0.3, -0.25) is 4.79 Å². The van der Waals surface area contributed by atoms with Gasteiger partial charge in [0.15, 0.2) is 5.03 Å². The van der Waals surface area contributed by atoms with Gasteiger partial charge in [-0.2, -0.15) is 0 Å². The number of alkyl halides is 3. The highest BCUT2D eigenvalue weighted by molar-refractivity contribution is 5.76. The van der Waals surface area contributed by atoms with Crippen molar-refractivity contribution in [1.82, 2.24) is 5.01 Å². The maximum absolute atomic E-state index is 12.2. The normalized spacial score (nSPS) is 19.5. The molecule has 0 spiro atoms. The molecule has 6 nitrogen and oxygen atoms in total. The molecule has 1 atom stereocenters. The average molecular weight is 304 g/mol. The molecule has 21 heavy (non-hydrogen) atoms. The van der Waals surface area contributed by atoms with E-state index < -0.39 is 29.1 Å². The molecule has 1 amide bonds. The van der Waals surface area contributed by atoms with E-state index in [-0.39, 0.29) is 12.0 Å². The number of hydrogen-bond donors (Lipinski definition) is 0. The van der Waals surface area contributed by atoms with Gasteiger partial charge >= 0.3 is 6.36 Å². The lowest BCUT2D eigenvalue weighted by Gasteiger charge is -2.27. The fourth-order valence-corrected chi connectivity index (χ4v) is 2.29. The van der Waals surface area contributed by atoms with E-state index in [1.54, 1.807) is 0 Å². The van der Waals surface area contributed by atoms with Crippen LogP contribution in [-0.2, 0) is 4.79 Å². The molecule has 1 heterocycles. The van der Waals surface area contributed by atoms with E-state index >= 15 is 0 Å². The Labute approximate surface area is 117 Å². The smallest absolute Gasteiger partial charge is 0.406 e. The molecule has 0 saturated carbocycles. The molecule has 1 unspecified atom stereocenters. The summed E-state index contributed by atoms with van der Waals surface area (Å²) in [6.45, 7) is 0. The molecule has 0 bridgehead atoms. The molecule has 1 aliphatic rings. The highest BCUT2D eigenvalue weighted by atomic mass is 19.4. The van der Waals surface area contributed by atoms with Gasteiger partial charge in [0.05, 0.1) is 0 Å². The van der Waals surface area contributed by atoms with Crippen LogP contribution in [0.4, 0.5) is 13.2 Å². The van der Waals surface area contributed by atoms with Crippen LogP contribution in [-0.4, -0.2) is 22.3 Å². The molecule has 0 N–H and O–H groups in total. The first-order valence-corrected chi connectivity index (χ1v) is 6.10. The minimum Gasteiger partial charge on any atom is -0.406 e. The molecule has 2 rings (SSSR count). The van der Waals surface area contributed by atoms with Crippen LogP contribution in [0.15, 0.2) is 24.3 Å². The van der Waals surface area contributed by atoms with Crippen LogP contribution >= 0.6 is 0 Å². The summed E-state index contributed by atoms with van der Waals surface area (Å²) in [4.78, 5) is 22.6. The summed E-state index contributed by atoms with van der Waals surface area (Å²) < 4.78 is 40.3. The van der Waals surface area contributed by atoms with Gasteiger partial charge in [-0.05, 0) is 30.5 Å². The molecule has 0 aromatic heterocycles. The van der Waals surface area contributed by atoms with Crippen LogP contribution in [0.3, 0.4) is 0 Å². The van der Waals surface area contributed by atoms with Crippen LogP contribution in [0.25, 0.3) is 0 Å². The number of nitrogens with zero attached hydrogens (tertiary/aromatic N) is 2. The SMILES string of the molecule is O=C1CCCC(c2cccc(OC(F)(F)F)c2)N1[N+](=O)[O-].